The van der Waals surface area contributed by atoms with E-state index in [-0.39, 0.29) is 11.9 Å². The average Bonchev–Trinajstić information content (AvgIpc) is 3.10. The number of likely N-dealkylation sites (N-methyl/N-ethyl adjacent to an activating group) is 2. The Morgan fingerprint density at radius 2 is 0.558 bits per heavy atom. The number of nitrogens with zero attached hydrogens (tertiary/aromatic N) is 2. The van der Waals surface area contributed by atoms with E-state index in [9.17, 15) is 9.59 Å². The number of hydrogen-bond acceptors (Lipinski definition) is 4. The SMILES string of the molecule is CCCCCCCCCCCCCC[N+](C)(C)CCOC(=O)CCCCCCCCC(=O)OCC[N+](C)(C)CCCCCCCCCCCCCC. The van der Waals surface area contributed by atoms with E-state index in [0.717, 1.165) is 73.7 Å². The molecule has 0 aromatic heterocycles. The van der Waals surface area contributed by atoms with E-state index in [4.69, 9.17) is 9.47 Å². The van der Waals surface area contributed by atoms with Crippen LogP contribution in [0.1, 0.15) is 219 Å². The highest BCUT2D eigenvalue weighted by Gasteiger charge is 2.17. The first kappa shape index (κ1) is 50.9. The number of carbonyl (C=O) groups is 2. The van der Waals surface area contributed by atoms with Crippen LogP contribution in [0.5, 0.6) is 0 Å². The molecule has 0 saturated heterocycles. The van der Waals surface area contributed by atoms with Gasteiger partial charge in [0.2, 0.25) is 0 Å². The second-order valence-electron chi connectivity index (χ2n) is 17.6. The van der Waals surface area contributed by atoms with Gasteiger partial charge < -0.3 is 18.4 Å². The number of rotatable bonds is 41. The van der Waals surface area contributed by atoms with Crippen LogP contribution in [0.3, 0.4) is 0 Å². The van der Waals surface area contributed by atoms with Crippen LogP contribution in [0.15, 0.2) is 0 Å². The van der Waals surface area contributed by atoms with Gasteiger partial charge >= 0.3 is 11.9 Å². The third-order valence-corrected chi connectivity index (χ3v) is 11.2. The minimum absolute atomic E-state index is 0.0519. The Hall–Kier alpha value is -1.14. The molecular weight excluding hydrogens is 645 g/mol. The van der Waals surface area contributed by atoms with Crippen LogP contribution < -0.4 is 0 Å². The normalized spacial score (nSPS) is 12.0. The van der Waals surface area contributed by atoms with Crippen LogP contribution in [0, 0.1) is 0 Å². The number of unbranched alkanes of at least 4 members (excludes halogenated alkanes) is 27. The minimum Gasteiger partial charge on any atom is -0.460 e. The Morgan fingerprint density at radius 1 is 0.327 bits per heavy atom. The highest BCUT2D eigenvalue weighted by molar-refractivity contribution is 5.69. The van der Waals surface area contributed by atoms with Gasteiger partial charge in [-0.25, -0.2) is 0 Å². The summed E-state index contributed by atoms with van der Waals surface area (Å²) in [7, 11) is 9.03. The lowest BCUT2D eigenvalue weighted by molar-refractivity contribution is -0.890. The van der Waals surface area contributed by atoms with E-state index in [1.54, 1.807) is 0 Å². The zero-order valence-electron chi connectivity index (χ0n) is 36.4. The lowest BCUT2D eigenvalue weighted by Crippen LogP contribution is -2.43. The predicted octanol–water partition coefficient (Wildman–Crippen LogP) is 12.7. The van der Waals surface area contributed by atoms with Crippen LogP contribution in [-0.2, 0) is 19.1 Å². The fraction of sp³-hybridized carbons (Fsp3) is 0.957. The molecule has 0 amide bonds. The van der Waals surface area contributed by atoms with Gasteiger partial charge in [0.15, 0.2) is 0 Å². The first-order valence-electron chi connectivity index (χ1n) is 23.1. The fourth-order valence-electron chi connectivity index (χ4n) is 7.19. The molecule has 0 unspecified atom stereocenters. The van der Waals surface area contributed by atoms with Crippen LogP contribution >= 0.6 is 0 Å². The molecule has 0 spiro atoms. The highest BCUT2D eigenvalue weighted by atomic mass is 16.5. The number of hydrogen-bond donors (Lipinski definition) is 0. The Morgan fingerprint density at radius 3 is 0.827 bits per heavy atom. The molecule has 0 rings (SSSR count). The third-order valence-electron chi connectivity index (χ3n) is 11.2. The number of ether oxygens (including phenoxy) is 2. The molecule has 52 heavy (non-hydrogen) atoms. The monoisotopic (exact) mass is 739 g/mol. The fourth-order valence-corrected chi connectivity index (χ4v) is 7.19. The minimum atomic E-state index is -0.0519. The van der Waals surface area contributed by atoms with Gasteiger partial charge in [-0.05, 0) is 38.5 Å². The maximum atomic E-state index is 12.2. The van der Waals surface area contributed by atoms with Gasteiger partial charge in [0.05, 0.1) is 41.3 Å². The molecule has 0 saturated carbocycles. The lowest BCUT2D eigenvalue weighted by Gasteiger charge is -2.29. The first-order chi connectivity index (χ1) is 25.1. The molecule has 0 radical (unpaired) electrons. The molecule has 310 valence electrons. The Labute approximate surface area is 326 Å². The van der Waals surface area contributed by atoms with Crippen molar-refractivity contribution in [2.24, 2.45) is 0 Å². The summed E-state index contributed by atoms with van der Waals surface area (Å²) in [6.45, 7) is 9.71. The van der Waals surface area contributed by atoms with Crippen LogP contribution in [0.25, 0.3) is 0 Å². The van der Waals surface area contributed by atoms with Crippen LogP contribution in [0.4, 0.5) is 0 Å². The maximum absolute atomic E-state index is 12.2. The number of esters is 2. The zero-order chi connectivity index (χ0) is 38.4. The molecule has 0 fully saturated rings. The smallest absolute Gasteiger partial charge is 0.305 e. The second-order valence-corrected chi connectivity index (χ2v) is 17.6. The van der Waals surface area contributed by atoms with Gasteiger partial charge in [0.25, 0.3) is 0 Å². The summed E-state index contributed by atoms with van der Waals surface area (Å²) >= 11 is 0. The quantitative estimate of drug-likeness (QED) is 0.0356. The van der Waals surface area contributed by atoms with Crippen molar-refractivity contribution in [3.05, 3.63) is 0 Å². The summed E-state index contributed by atoms with van der Waals surface area (Å²) in [5.41, 5.74) is 0. The summed E-state index contributed by atoms with van der Waals surface area (Å²) in [6, 6.07) is 0. The molecule has 0 heterocycles. The van der Waals surface area contributed by atoms with E-state index >= 15 is 0 Å². The van der Waals surface area contributed by atoms with E-state index in [2.05, 4.69) is 42.0 Å². The Bertz CT molecular complexity index is 720. The molecule has 6 heteroatoms. The van der Waals surface area contributed by atoms with Gasteiger partial charge in [-0.15, -0.1) is 0 Å². The second kappa shape index (κ2) is 36.8. The van der Waals surface area contributed by atoms with E-state index in [0.29, 0.717) is 26.1 Å². The molecule has 0 bridgehead atoms. The molecular formula is C46H94N2O4+2. The standard InChI is InChI=1S/C46H94N2O4/c1-7-9-11-13-15-17-19-21-23-27-31-35-39-47(3,4)41-43-51-45(49)37-33-29-25-26-30-34-38-46(50)52-44-42-48(5,6)40-36-32-28-24-22-20-18-16-14-12-10-8-2/h7-44H2,1-6H3/q+2. The summed E-state index contributed by atoms with van der Waals surface area (Å²) in [5.74, 6) is -0.104. The molecule has 0 aromatic carbocycles. The summed E-state index contributed by atoms with van der Waals surface area (Å²) in [6.07, 6.45) is 40.3. The van der Waals surface area contributed by atoms with Crippen molar-refractivity contribution in [2.75, 3.05) is 67.6 Å². The van der Waals surface area contributed by atoms with Gasteiger partial charge in [-0.3, -0.25) is 9.59 Å². The highest BCUT2D eigenvalue weighted by Crippen LogP contribution is 2.15. The summed E-state index contributed by atoms with van der Waals surface area (Å²) in [4.78, 5) is 24.5. The summed E-state index contributed by atoms with van der Waals surface area (Å²) in [5, 5.41) is 0. The molecule has 0 atom stereocenters. The van der Waals surface area contributed by atoms with Gasteiger partial charge in [0, 0.05) is 12.8 Å². The number of quaternary nitrogens is 2. The molecule has 0 aromatic rings. The van der Waals surface area contributed by atoms with Gasteiger partial charge in [-0.2, -0.15) is 0 Å². The molecule has 0 aliphatic heterocycles. The largest absolute Gasteiger partial charge is 0.460 e. The maximum Gasteiger partial charge on any atom is 0.305 e. The van der Waals surface area contributed by atoms with Crippen molar-refractivity contribution in [3.8, 4) is 0 Å². The Kier molecular flexibility index (Phi) is 36.0. The first-order valence-corrected chi connectivity index (χ1v) is 23.1. The van der Waals surface area contributed by atoms with Gasteiger partial charge in [-0.1, -0.05) is 168 Å². The topological polar surface area (TPSA) is 52.6 Å². The van der Waals surface area contributed by atoms with Crippen molar-refractivity contribution in [1.29, 1.82) is 0 Å². The molecule has 6 nitrogen and oxygen atoms in total. The third kappa shape index (κ3) is 38.6. The van der Waals surface area contributed by atoms with E-state index < -0.39 is 0 Å². The van der Waals surface area contributed by atoms with Crippen molar-refractivity contribution in [2.45, 2.75) is 219 Å². The predicted molar refractivity (Wildman–Crippen MR) is 225 cm³/mol. The van der Waals surface area contributed by atoms with Crippen LogP contribution in [0.2, 0.25) is 0 Å². The van der Waals surface area contributed by atoms with Gasteiger partial charge in [0.1, 0.15) is 26.3 Å². The van der Waals surface area contributed by atoms with E-state index in [1.807, 2.05) is 0 Å². The average molecular weight is 739 g/mol. The van der Waals surface area contributed by atoms with Crippen molar-refractivity contribution in [1.82, 2.24) is 0 Å². The number of carbonyl (C=O) groups excluding carboxylic acids is 2. The Balaban J connectivity index is 3.57. The van der Waals surface area contributed by atoms with Crippen molar-refractivity contribution >= 4 is 11.9 Å². The molecule has 0 aliphatic carbocycles. The molecule has 0 aliphatic rings. The van der Waals surface area contributed by atoms with Crippen molar-refractivity contribution in [3.63, 3.8) is 0 Å². The summed E-state index contributed by atoms with van der Waals surface area (Å²) < 4.78 is 13.0. The lowest BCUT2D eigenvalue weighted by atomic mass is 10.1. The van der Waals surface area contributed by atoms with Crippen LogP contribution in [-0.4, -0.2) is 88.5 Å². The zero-order valence-corrected chi connectivity index (χ0v) is 36.4. The van der Waals surface area contributed by atoms with Crippen molar-refractivity contribution < 1.29 is 28.0 Å². The molecule has 0 N–H and O–H groups in total. The van der Waals surface area contributed by atoms with E-state index in [1.165, 1.54) is 154 Å².